The van der Waals surface area contributed by atoms with E-state index in [0.29, 0.717) is 16.0 Å². The van der Waals surface area contributed by atoms with Crippen molar-refractivity contribution in [3.8, 4) is 34.5 Å². The third-order valence-electron chi connectivity index (χ3n) is 5.44. The van der Waals surface area contributed by atoms with Gasteiger partial charge < -0.3 is 4.74 Å². The molecule has 0 aliphatic heterocycles. The van der Waals surface area contributed by atoms with Crippen molar-refractivity contribution < 1.29 is 4.74 Å². The predicted molar refractivity (Wildman–Crippen MR) is 140 cm³/mol. The van der Waals surface area contributed by atoms with Gasteiger partial charge in [0.15, 0.2) is 5.75 Å². The van der Waals surface area contributed by atoms with E-state index in [1.165, 1.54) is 6.07 Å². The van der Waals surface area contributed by atoms with Crippen molar-refractivity contribution in [1.82, 2.24) is 19.7 Å². The molecule has 0 aliphatic carbocycles. The quantitative estimate of drug-likeness (QED) is 0.309. The second-order valence-electron chi connectivity index (χ2n) is 7.84. The Morgan fingerprint density at radius 1 is 1.08 bits per heavy atom. The number of ether oxygens (including phenoxy) is 1. The van der Waals surface area contributed by atoms with Gasteiger partial charge in [0.05, 0.1) is 26.4 Å². The first-order chi connectivity index (χ1) is 17.3. The topological polar surface area (TPSA) is 114 Å². The van der Waals surface area contributed by atoms with E-state index in [1.807, 2.05) is 55.5 Å². The molecule has 36 heavy (non-hydrogen) atoms. The molecule has 8 nitrogen and oxygen atoms in total. The number of halogens is 2. The number of hydrogen-bond donors (Lipinski definition) is 1. The fourth-order valence-electron chi connectivity index (χ4n) is 3.73. The Balaban J connectivity index is 1.50. The summed E-state index contributed by atoms with van der Waals surface area (Å²) < 4.78 is 7.41. The summed E-state index contributed by atoms with van der Waals surface area (Å²) in [5, 5.41) is 14.0. The van der Waals surface area contributed by atoms with E-state index in [-0.39, 0.29) is 10.7 Å². The molecule has 2 heterocycles. The molecule has 5 aromatic rings. The first-order valence-electron chi connectivity index (χ1n) is 10.6. The average Bonchev–Trinajstić information content (AvgIpc) is 2.87. The van der Waals surface area contributed by atoms with Crippen molar-refractivity contribution in [2.45, 2.75) is 6.92 Å². The minimum atomic E-state index is -0.860. The van der Waals surface area contributed by atoms with E-state index in [9.17, 15) is 9.59 Å². The van der Waals surface area contributed by atoms with Crippen molar-refractivity contribution in [1.29, 1.82) is 5.26 Å². The number of benzene rings is 3. The third kappa shape index (κ3) is 4.40. The Morgan fingerprint density at radius 3 is 2.58 bits per heavy atom. The molecule has 10 heteroatoms. The van der Waals surface area contributed by atoms with Gasteiger partial charge in [-0.15, -0.1) is 5.10 Å². The Hall–Kier alpha value is -4.26. The highest BCUT2D eigenvalue weighted by molar-refractivity contribution is 9.10. The van der Waals surface area contributed by atoms with E-state index in [4.69, 9.17) is 26.6 Å². The van der Waals surface area contributed by atoms with E-state index < -0.39 is 16.9 Å². The van der Waals surface area contributed by atoms with Gasteiger partial charge in [-0.2, -0.15) is 9.94 Å². The molecule has 2 aromatic heterocycles. The molecule has 0 bridgehead atoms. The van der Waals surface area contributed by atoms with Crippen LogP contribution in [0.3, 0.4) is 0 Å². The maximum absolute atomic E-state index is 12.2. The number of pyridine rings is 1. The SMILES string of the molecule is Cc1cc(-c2ccccc2)nc2ccc(Oc3c(Cl)cc(-n4nc(C#N)c(=O)[nH]c4=O)cc3Br)cc12. The van der Waals surface area contributed by atoms with Crippen LogP contribution in [0.25, 0.3) is 27.8 Å². The summed E-state index contributed by atoms with van der Waals surface area (Å²) in [6.07, 6.45) is 0. The minimum absolute atomic E-state index is 0.187. The van der Waals surface area contributed by atoms with E-state index in [0.717, 1.165) is 32.4 Å². The van der Waals surface area contributed by atoms with Crippen molar-refractivity contribution >= 4 is 38.4 Å². The van der Waals surface area contributed by atoms with Crippen LogP contribution >= 0.6 is 27.5 Å². The van der Waals surface area contributed by atoms with Gasteiger partial charge in [-0.05, 0) is 64.8 Å². The molecule has 0 saturated heterocycles. The molecular weight excluding hydrogens is 546 g/mol. The van der Waals surface area contributed by atoms with Gasteiger partial charge in [0, 0.05) is 10.9 Å². The molecule has 0 aliphatic rings. The molecule has 0 atom stereocenters. The number of aromatic amines is 1. The Kier molecular flexibility index (Phi) is 6.14. The summed E-state index contributed by atoms with van der Waals surface area (Å²) >= 11 is 9.91. The Morgan fingerprint density at radius 2 is 1.86 bits per heavy atom. The normalized spacial score (nSPS) is 10.8. The molecular formula is C26H15BrClN5O3. The highest BCUT2D eigenvalue weighted by Crippen LogP contribution is 2.39. The number of hydrogen-bond acceptors (Lipinski definition) is 6. The number of nitriles is 1. The highest BCUT2D eigenvalue weighted by atomic mass is 79.9. The predicted octanol–water partition coefficient (Wildman–Crippen LogP) is 5.52. The standard InChI is InChI=1S/C26H15BrClN5O3/c1-14-9-22(15-5-3-2-4-6-15)30-21-8-7-17(12-18(14)21)36-24-19(27)10-16(11-20(24)28)33-26(35)31-25(34)23(13-29)32-33/h2-12H,1H3,(H,31,34,35). The Bertz CT molecular complexity index is 1790. The lowest BCUT2D eigenvalue weighted by atomic mass is 10.0. The van der Waals surface area contributed by atoms with Crippen LogP contribution in [0, 0.1) is 18.3 Å². The second kappa shape index (κ2) is 9.41. The lowest BCUT2D eigenvalue weighted by Gasteiger charge is -2.13. The van der Waals surface area contributed by atoms with Crippen molar-refractivity contribution in [2.24, 2.45) is 0 Å². The smallest absolute Gasteiger partial charge is 0.349 e. The first kappa shape index (κ1) is 23.5. The monoisotopic (exact) mass is 559 g/mol. The van der Waals surface area contributed by atoms with Crippen LogP contribution in [-0.4, -0.2) is 19.7 Å². The van der Waals surface area contributed by atoms with Crippen LogP contribution in [0.2, 0.25) is 5.02 Å². The van der Waals surface area contributed by atoms with Crippen LogP contribution in [0.4, 0.5) is 0 Å². The third-order valence-corrected chi connectivity index (χ3v) is 6.31. The summed E-state index contributed by atoms with van der Waals surface area (Å²) in [4.78, 5) is 30.7. The molecule has 0 fully saturated rings. The van der Waals surface area contributed by atoms with Crippen LogP contribution < -0.4 is 16.0 Å². The van der Waals surface area contributed by atoms with E-state index in [2.05, 4.69) is 26.0 Å². The molecule has 0 saturated carbocycles. The number of fused-ring (bicyclic) bond motifs is 1. The summed E-state index contributed by atoms with van der Waals surface area (Å²) in [7, 11) is 0. The van der Waals surface area contributed by atoms with E-state index >= 15 is 0 Å². The van der Waals surface area contributed by atoms with Crippen LogP contribution in [0.1, 0.15) is 11.3 Å². The number of aryl methyl sites for hydroxylation is 1. The van der Waals surface area contributed by atoms with E-state index in [1.54, 1.807) is 18.2 Å². The first-order valence-corrected chi connectivity index (χ1v) is 11.8. The van der Waals surface area contributed by atoms with Crippen LogP contribution in [-0.2, 0) is 0 Å². The van der Waals surface area contributed by atoms with Gasteiger partial charge in [-0.25, -0.2) is 9.78 Å². The van der Waals surface area contributed by atoms with Gasteiger partial charge in [-0.3, -0.25) is 9.78 Å². The maximum atomic E-state index is 12.2. The zero-order valence-corrected chi connectivity index (χ0v) is 21.0. The molecule has 0 spiro atoms. The molecule has 5 rings (SSSR count). The molecule has 0 radical (unpaired) electrons. The maximum Gasteiger partial charge on any atom is 0.349 e. The molecule has 0 amide bonds. The van der Waals surface area contributed by atoms with Gasteiger partial charge in [0.25, 0.3) is 5.56 Å². The van der Waals surface area contributed by atoms with Gasteiger partial charge in [0.2, 0.25) is 5.69 Å². The number of aromatic nitrogens is 4. The fourth-order valence-corrected chi connectivity index (χ4v) is 4.62. The molecule has 176 valence electrons. The van der Waals surface area contributed by atoms with Crippen molar-refractivity contribution in [3.63, 3.8) is 0 Å². The minimum Gasteiger partial charge on any atom is -0.455 e. The Labute approximate surface area is 217 Å². The largest absolute Gasteiger partial charge is 0.455 e. The van der Waals surface area contributed by atoms with Crippen LogP contribution in [0.15, 0.2) is 80.8 Å². The second-order valence-corrected chi connectivity index (χ2v) is 9.10. The van der Waals surface area contributed by atoms with Gasteiger partial charge in [0.1, 0.15) is 11.8 Å². The summed E-state index contributed by atoms with van der Waals surface area (Å²) in [6, 6.07) is 22.2. The number of nitrogens with one attached hydrogen (secondary N) is 1. The number of rotatable bonds is 4. The zero-order valence-electron chi connectivity index (χ0n) is 18.6. The van der Waals surface area contributed by atoms with Crippen LogP contribution in [0.5, 0.6) is 11.5 Å². The van der Waals surface area contributed by atoms with Gasteiger partial charge in [-0.1, -0.05) is 41.9 Å². The molecule has 0 unspecified atom stereocenters. The summed E-state index contributed by atoms with van der Waals surface area (Å²) in [6.45, 7) is 2.02. The highest BCUT2D eigenvalue weighted by Gasteiger charge is 2.15. The molecule has 3 aromatic carbocycles. The van der Waals surface area contributed by atoms with Crippen molar-refractivity contribution in [2.75, 3.05) is 0 Å². The zero-order chi connectivity index (χ0) is 25.4. The number of H-pyrrole nitrogens is 1. The average molecular weight is 561 g/mol. The molecule has 1 N–H and O–H groups in total. The summed E-state index contributed by atoms with van der Waals surface area (Å²) in [5.74, 6) is 0.866. The lowest BCUT2D eigenvalue weighted by molar-refractivity contribution is 0.480. The fraction of sp³-hybridized carbons (Fsp3) is 0.0385. The summed E-state index contributed by atoms with van der Waals surface area (Å²) in [5.41, 5.74) is 1.93. The van der Waals surface area contributed by atoms with Gasteiger partial charge >= 0.3 is 5.69 Å². The number of nitrogens with zero attached hydrogens (tertiary/aromatic N) is 4. The van der Waals surface area contributed by atoms with Crippen molar-refractivity contribution in [3.05, 3.63) is 108 Å². The lowest BCUT2D eigenvalue weighted by Crippen LogP contribution is -2.33.